The van der Waals surface area contributed by atoms with E-state index in [0.717, 1.165) is 45.1 Å². The molecule has 4 nitrogen and oxygen atoms in total. The number of carbonyl (C=O) groups is 2. The SMILES string of the molecule is CCCC/C=C\CCCCCCCC(=O)N[C@H](C)CCCCNC(=O)CCCCCCCCCCCCCCC. The molecule has 0 rings (SSSR count). The lowest BCUT2D eigenvalue weighted by Gasteiger charge is -2.14. The summed E-state index contributed by atoms with van der Waals surface area (Å²) >= 11 is 0. The molecule has 1 atom stereocenters. The third kappa shape index (κ3) is 31.2. The third-order valence-electron chi connectivity index (χ3n) is 7.97. The van der Waals surface area contributed by atoms with Crippen molar-refractivity contribution in [2.45, 2.75) is 200 Å². The highest BCUT2D eigenvalue weighted by Crippen LogP contribution is 2.13. The van der Waals surface area contributed by atoms with Gasteiger partial charge in [-0.05, 0) is 58.3 Å². The topological polar surface area (TPSA) is 58.2 Å². The smallest absolute Gasteiger partial charge is 0.220 e. The van der Waals surface area contributed by atoms with Crippen LogP contribution in [0, 0.1) is 0 Å². The van der Waals surface area contributed by atoms with Gasteiger partial charge in [-0.1, -0.05) is 135 Å². The molecule has 0 aromatic heterocycles. The molecular formula is C36H70N2O2. The van der Waals surface area contributed by atoms with Gasteiger partial charge in [-0.3, -0.25) is 9.59 Å². The molecule has 0 saturated carbocycles. The second-order valence-corrected chi connectivity index (χ2v) is 12.2. The molecule has 0 aliphatic heterocycles. The molecule has 0 unspecified atom stereocenters. The van der Waals surface area contributed by atoms with Gasteiger partial charge in [0.15, 0.2) is 0 Å². The van der Waals surface area contributed by atoms with Crippen molar-refractivity contribution in [3.63, 3.8) is 0 Å². The van der Waals surface area contributed by atoms with Gasteiger partial charge in [0.1, 0.15) is 0 Å². The zero-order valence-electron chi connectivity index (χ0n) is 27.3. The van der Waals surface area contributed by atoms with Gasteiger partial charge in [0.2, 0.25) is 11.8 Å². The molecule has 0 spiro atoms. The highest BCUT2D eigenvalue weighted by molar-refractivity contribution is 5.76. The number of nitrogens with one attached hydrogen (secondary N) is 2. The fourth-order valence-electron chi connectivity index (χ4n) is 5.25. The van der Waals surface area contributed by atoms with Gasteiger partial charge in [-0.25, -0.2) is 0 Å². The van der Waals surface area contributed by atoms with Crippen LogP contribution < -0.4 is 10.6 Å². The number of hydrogen-bond donors (Lipinski definition) is 2. The minimum Gasteiger partial charge on any atom is -0.356 e. The van der Waals surface area contributed by atoms with Crippen LogP contribution in [0.3, 0.4) is 0 Å². The van der Waals surface area contributed by atoms with Crippen molar-refractivity contribution < 1.29 is 9.59 Å². The molecule has 0 bridgehead atoms. The number of unbranched alkanes of at least 4 members (excludes halogenated alkanes) is 20. The molecule has 0 saturated heterocycles. The van der Waals surface area contributed by atoms with Gasteiger partial charge in [-0.2, -0.15) is 0 Å². The monoisotopic (exact) mass is 563 g/mol. The summed E-state index contributed by atoms with van der Waals surface area (Å²) in [5.41, 5.74) is 0. The normalized spacial score (nSPS) is 12.2. The van der Waals surface area contributed by atoms with E-state index in [0.29, 0.717) is 12.8 Å². The Labute approximate surface area is 250 Å². The summed E-state index contributed by atoms with van der Waals surface area (Å²) < 4.78 is 0. The summed E-state index contributed by atoms with van der Waals surface area (Å²) in [4.78, 5) is 24.2. The van der Waals surface area contributed by atoms with E-state index in [1.54, 1.807) is 0 Å². The highest BCUT2D eigenvalue weighted by Gasteiger charge is 2.07. The molecule has 0 radical (unpaired) electrons. The van der Waals surface area contributed by atoms with Crippen LogP contribution >= 0.6 is 0 Å². The standard InChI is InChI=1S/C36H70N2O2/c1-4-6-8-10-12-14-16-17-19-20-22-24-26-31-35(39)37-33-29-28-30-34(3)38-36(40)32-27-25-23-21-18-15-13-11-9-7-5-2/h11,13,34H,4-10,12,14-33H2,1-3H3,(H,37,39)(H,38,40)/b13-11-/t34-/m1/s1. The maximum atomic E-state index is 12.2. The van der Waals surface area contributed by atoms with Crippen LogP contribution in [-0.2, 0) is 9.59 Å². The van der Waals surface area contributed by atoms with E-state index in [1.165, 1.54) is 122 Å². The number of hydrogen-bond acceptors (Lipinski definition) is 2. The Bertz CT molecular complexity index is 575. The Morgan fingerprint density at radius 3 is 1.52 bits per heavy atom. The van der Waals surface area contributed by atoms with Crippen LogP contribution in [0.2, 0.25) is 0 Å². The first kappa shape index (κ1) is 38.7. The highest BCUT2D eigenvalue weighted by atomic mass is 16.2. The molecule has 0 aliphatic rings. The number of rotatable bonds is 31. The molecule has 0 fully saturated rings. The maximum Gasteiger partial charge on any atom is 0.220 e. The van der Waals surface area contributed by atoms with Gasteiger partial charge >= 0.3 is 0 Å². The zero-order chi connectivity index (χ0) is 29.4. The molecule has 0 aromatic carbocycles. The van der Waals surface area contributed by atoms with Crippen molar-refractivity contribution in [1.29, 1.82) is 0 Å². The summed E-state index contributed by atoms with van der Waals surface area (Å²) in [7, 11) is 0. The molecule has 0 aromatic rings. The first-order valence-electron chi connectivity index (χ1n) is 17.8. The summed E-state index contributed by atoms with van der Waals surface area (Å²) in [6.07, 6.45) is 37.2. The van der Waals surface area contributed by atoms with E-state index >= 15 is 0 Å². The molecule has 2 N–H and O–H groups in total. The van der Waals surface area contributed by atoms with E-state index in [4.69, 9.17) is 0 Å². The fourth-order valence-corrected chi connectivity index (χ4v) is 5.25. The number of allylic oxidation sites excluding steroid dienone is 2. The largest absolute Gasteiger partial charge is 0.356 e. The average Bonchev–Trinajstić information content (AvgIpc) is 2.94. The van der Waals surface area contributed by atoms with Crippen molar-refractivity contribution in [2.24, 2.45) is 0 Å². The molecular weight excluding hydrogens is 492 g/mol. The number of carbonyl (C=O) groups excluding carboxylic acids is 2. The Hall–Kier alpha value is -1.32. The second kappa shape index (κ2) is 32.2. The first-order chi connectivity index (χ1) is 19.6. The molecule has 4 heteroatoms. The van der Waals surface area contributed by atoms with Crippen molar-refractivity contribution in [2.75, 3.05) is 6.54 Å². The molecule has 0 heterocycles. The van der Waals surface area contributed by atoms with Crippen LogP contribution in [0.5, 0.6) is 0 Å². The third-order valence-corrected chi connectivity index (χ3v) is 7.97. The van der Waals surface area contributed by atoms with E-state index in [1.807, 2.05) is 0 Å². The van der Waals surface area contributed by atoms with Crippen LogP contribution in [-0.4, -0.2) is 24.4 Å². The van der Waals surface area contributed by atoms with Gasteiger partial charge in [-0.15, -0.1) is 0 Å². The summed E-state index contributed by atoms with van der Waals surface area (Å²) in [5, 5.41) is 6.22. The summed E-state index contributed by atoms with van der Waals surface area (Å²) in [6, 6.07) is 0.216. The summed E-state index contributed by atoms with van der Waals surface area (Å²) in [5.74, 6) is 0.394. The van der Waals surface area contributed by atoms with Gasteiger partial charge in [0.25, 0.3) is 0 Å². The minimum absolute atomic E-state index is 0.192. The van der Waals surface area contributed by atoms with E-state index in [2.05, 4.69) is 43.6 Å². The van der Waals surface area contributed by atoms with Crippen molar-refractivity contribution in [3.05, 3.63) is 12.2 Å². The lowest BCUT2D eigenvalue weighted by molar-refractivity contribution is -0.122. The lowest BCUT2D eigenvalue weighted by Crippen LogP contribution is -2.32. The zero-order valence-corrected chi connectivity index (χ0v) is 27.3. The van der Waals surface area contributed by atoms with Crippen molar-refractivity contribution in [3.8, 4) is 0 Å². The molecule has 2 amide bonds. The van der Waals surface area contributed by atoms with Crippen LogP contribution in [0.15, 0.2) is 12.2 Å². The number of amides is 2. The Balaban J connectivity index is 3.40. The quantitative estimate of drug-likeness (QED) is 0.0652. The van der Waals surface area contributed by atoms with Gasteiger partial charge in [0.05, 0.1) is 0 Å². The molecule has 0 aliphatic carbocycles. The van der Waals surface area contributed by atoms with Crippen LogP contribution in [0.25, 0.3) is 0 Å². The van der Waals surface area contributed by atoms with Gasteiger partial charge < -0.3 is 10.6 Å². The predicted molar refractivity (Wildman–Crippen MR) is 176 cm³/mol. The lowest BCUT2D eigenvalue weighted by atomic mass is 10.0. The van der Waals surface area contributed by atoms with Gasteiger partial charge in [0, 0.05) is 25.4 Å². The molecule has 40 heavy (non-hydrogen) atoms. The van der Waals surface area contributed by atoms with Crippen molar-refractivity contribution in [1.82, 2.24) is 10.6 Å². The maximum absolute atomic E-state index is 12.2. The second-order valence-electron chi connectivity index (χ2n) is 12.2. The predicted octanol–water partition coefficient (Wildman–Crippen LogP) is 10.7. The Kier molecular flexibility index (Phi) is 31.1. The average molecular weight is 563 g/mol. The van der Waals surface area contributed by atoms with Crippen molar-refractivity contribution >= 4 is 11.8 Å². The van der Waals surface area contributed by atoms with Crippen LogP contribution in [0.4, 0.5) is 0 Å². The minimum atomic E-state index is 0.192. The Morgan fingerprint density at radius 2 is 0.975 bits per heavy atom. The van der Waals surface area contributed by atoms with E-state index in [9.17, 15) is 9.59 Å². The van der Waals surface area contributed by atoms with E-state index in [-0.39, 0.29) is 17.9 Å². The fraction of sp³-hybridized carbons (Fsp3) is 0.889. The Morgan fingerprint density at radius 1 is 0.525 bits per heavy atom. The summed E-state index contributed by atoms with van der Waals surface area (Å²) in [6.45, 7) is 7.37. The molecule has 236 valence electrons. The first-order valence-corrected chi connectivity index (χ1v) is 17.8. The van der Waals surface area contributed by atoms with Crippen LogP contribution in [0.1, 0.15) is 194 Å². The van der Waals surface area contributed by atoms with E-state index < -0.39 is 0 Å².